The van der Waals surface area contributed by atoms with Crippen LogP contribution in [0, 0.1) is 5.92 Å². The van der Waals surface area contributed by atoms with Gasteiger partial charge in [0.25, 0.3) is 0 Å². The van der Waals surface area contributed by atoms with Crippen molar-refractivity contribution in [1.29, 1.82) is 0 Å². The summed E-state index contributed by atoms with van der Waals surface area (Å²) < 4.78 is 42.7. The third kappa shape index (κ3) is 5.39. The van der Waals surface area contributed by atoms with Crippen molar-refractivity contribution in [3.63, 3.8) is 0 Å². The molecular formula is C24H23F3N4O4. The molecule has 2 aromatic carbocycles. The average Bonchev–Trinajstić information content (AvgIpc) is 3.34. The minimum absolute atomic E-state index is 0.0431. The molecule has 0 saturated carbocycles. The second kappa shape index (κ2) is 9.32. The second-order valence-electron chi connectivity index (χ2n) is 8.55. The monoisotopic (exact) mass is 488 g/mol. The highest BCUT2D eigenvalue weighted by Gasteiger charge is 2.38. The molecule has 3 N–H and O–H groups in total. The number of nitrogens with two attached hydrogens (primary N) is 1. The molecule has 0 aliphatic carbocycles. The molecule has 11 heteroatoms. The standard InChI is InChI=1S/C24H23F3N4O4/c1-14-9-20(21(32)11-15-5-4-6-16(10-15)35-24(25,26)27)31(12-14)23(34)29-18-13-30(22(28)33)19-8-3-2-7-17(18)19/h2-8,10,13-14,20H,9,11-12H2,1H3,(H2,28,33)(H,29,34)/t14-,20+/m1/s1. The second-order valence-corrected chi connectivity index (χ2v) is 8.55. The van der Waals surface area contributed by atoms with E-state index in [0.29, 0.717) is 35.1 Å². The van der Waals surface area contributed by atoms with E-state index in [1.165, 1.54) is 27.8 Å². The van der Waals surface area contributed by atoms with E-state index >= 15 is 0 Å². The normalized spacial score (nSPS) is 18.0. The van der Waals surface area contributed by atoms with Gasteiger partial charge in [-0.1, -0.05) is 37.3 Å². The number of hydrogen-bond acceptors (Lipinski definition) is 4. The average molecular weight is 488 g/mol. The molecule has 0 bridgehead atoms. The summed E-state index contributed by atoms with van der Waals surface area (Å²) in [7, 11) is 0. The number of likely N-dealkylation sites (tertiary alicyclic amines) is 1. The molecule has 2 atom stereocenters. The first-order chi connectivity index (χ1) is 16.5. The Bertz CT molecular complexity index is 1290. The largest absolute Gasteiger partial charge is 0.573 e. The molecule has 1 aliphatic rings. The molecule has 0 radical (unpaired) electrons. The Balaban J connectivity index is 1.51. The van der Waals surface area contributed by atoms with E-state index in [1.54, 1.807) is 24.3 Å². The van der Waals surface area contributed by atoms with Crippen LogP contribution in [0.4, 0.5) is 28.4 Å². The maximum absolute atomic E-state index is 13.2. The van der Waals surface area contributed by atoms with Crippen LogP contribution in [0.15, 0.2) is 54.7 Å². The first kappa shape index (κ1) is 24.1. The number of nitrogens with one attached hydrogen (secondary N) is 1. The van der Waals surface area contributed by atoms with Crippen LogP contribution in [0.1, 0.15) is 18.9 Å². The minimum Gasteiger partial charge on any atom is -0.406 e. The van der Waals surface area contributed by atoms with Gasteiger partial charge in [-0.05, 0) is 36.1 Å². The van der Waals surface area contributed by atoms with Crippen molar-refractivity contribution in [1.82, 2.24) is 9.47 Å². The van der Waals surface area contributed by atoms with E-state index in [1.807, 2.05) is 6.92 Å². The van der Waals surface area contributed by atoms with Gasteiger partial charge in [0.2, 0.25) is 0 Å². The Morgan fingerprint density at radius 3 is 2.60 bits per heavy atom. The lowest BCUT2D eigenvalue weighted by Crippen LogP contribution is -2.43. The van der Waals surface area contributed by atoms with Crippen LogP contribution in [0.5, 0.6) is 5.75 Å². The third-order valence-electron chi connectivity index (χ3n) is 5.84. The first-order valence-corrected chi connectivity index (χ1v) is 10.9. The highest BCUT2D eigenvalue weighted by atomic mass is 19.4. The summed E-state index contributed by atoms with van der Waals surface area (Å²) in [4.78, 5) is 39.4. The minimum atomic E-state index is -4.84. The lowest BCUT2D eigenvalue weighted by atomic mass is 9.99. The lowest BCUT2D eigenvalue weighted by molar-refractivity contribution is -0.274. The van der Waals surface area contributed by atoms with E-state index in [2.05, 4.69) is 10.1 Å². The number of amides is 3. The SMILES string of the molecule is C[C@@H]1C[C@@H](C(=O)Cc2cccc(OC(F)(F)F)c2)N(C(=O)Nc2cn(C(N)=O)c3ccccc23)C1. The number of carbonyl (C=O) groups is 3. The van der Waals surface area contributed by atoms with Crippen molar-refractivity contribution in [2.24, 2.45) is 11.7 Å². The Morgan fingerprint density at radius 1 is 1.14 bits per heavy atom. The van der Waals surface area contributed by atoms with Crippen LogP contribution in [-0.4, -0.2) is 46.3 Å². The molecular weight excluding hydrogens is 465 g/mol. The molecule has 1 aromatic heterocycles. The molecule has 4 rings (SSSR count). The maximum Gasteiger partial charge on any atom is 0.573 e. The Kier molecular flexibility index (Phi) is 6.42. The Labute approximate surface area is 198 Å². The molecule has 1 saturated heterocycles. The van der Waals surface area contributed by atoms with Gasteiger partial charge >= 0.3 is 18.4 Å². The van der Waals surface area contributed by atoms with E-state index in [4.69, 9.17) is 5.73 Å². The predicted molar refractivity (Wildman–Crippen MR) is 122 cm³/mol. The Morgan fingerprint density at radius 2 is 1.89 bits per heavy atom. The van der Waals surface area contributed by atoms with E-state index in [9.17, 15) is 27.6 Å². The number of benzene rings is 2. The molecule has 184 valence electrons. The van der Waals surface area contributed by atoms with Crippen LogP contribution in [0.3, 0.4) is 0 Å². The number of ketones is 1. The number of hydrogen-bond donors (Lipinski definition) is 2. The molecule has 35 heavy (non-hydrogen) atoms. The number of alkyl halides is 3. The van der Waals surface area contributed by atoms with Gasteiger partial charge in [-0.2, -0.15) is 0 Å². The number of Topliss-reactive ketones (excluding diaryl/α,β-unsaturated/α-hetero) is 1. The van der Waals surface area contributed by atoms with Crippen molar-refractivity contribution in [3.8, 4) is 5.75 Å². The van der Waals surface area contributed by atoms with Gasteiger partial charge in [0.05, 0.1) is 17.2 Å². The maximum atomic E-state index is 13.2. The van der Waals surface area contributed by atoms with Gasteiger partial charge < -0.3 is 20.7 Å². The molecule has 3 aromatic rings. The fourth-order valence-corrected chi connectivity index (χ4v) is 4.40. The Hall–Kier alpha value is -4.02. The molecule has 0 spiro atoms. The number of primary amides is 1. The van der Waals surface area contributed by atoms with Gasteiger partial charge in [0.1, 0.15) is 5.75 Å². The van der Waals surface area contributed by atoms with Crippen LogP contribution < -0.4 is 15.8 Å². The zero-order valence-electron chi connectivity index (χ0n) is 18.7. The summed E-state index contributed by atoms with van der Waals surface area (Å²) >= 11 is 0. The summed E-state index contributed by atoms with van der Waals surface area (Å²) in [5.41, 5.74) is 6.67. The number of ether oxygens (including phenoxy) is 1. The summed E-state index contributed by atoms with van der Waals surface area (Å²) in [5, 5.41) is 3.38. The number of halogens is 3. The van der Waals surface area contributed by atoms with Crippen LogP contribution in [0.2, 0.25) is 0 Å². The van der Waals surface area contributed by atoms with Crippen molar-refractivity contribution in [2.45, 2.75) is 32.2 Å². The number of aromatic nitrogens is 1. The molecule has 3 amide bonds. The summed E-state index contributed by atoms with van der Waals surface area (Å²) in [6, 6.07) is 10.2. The highest BCUT2D eigenvalue weighted by molar-refractivity contribution is 6.05. The first-order valence-electron chi connectivity index (χ1n) is 10.9. The van der Waals surface area contributed by atoms with E-state index in [-0.39, 0.29) is 18.1 Å². The van der Waals surface area contributed by atoms with Crippen LogP contribution >= 0.6 is 0 Å². The molecule has 8 nitrogen and oxygen atoms in total. The number of carbonyl (C=O) groups excluding carboxylic acids is 3. The number of anilines is 1. The van der Waals surface area contributed by atoms with Crippen molar-refractivity contribution in [3.05, 3.63) is 60.3 Å². The summed E-state index contributed by atoms with van der Waals surface area (Å²) in [6.45, 7) is 2.23. The van der Waals surface area contributed by atoms with Gasteiger partial charge in [-0.25, -0.2) is 9.59 Å². The predicted octanol–water partition coefficient (Wildman–Crippen LogP) is 4.52. The van der Waals surface area contributed by atoms with Gasteiger partial charge in [-0.3, -0.25) is 9.36 Å². The number of fused-ring (bicyclic) bond motifs is 1. The van der Waals surface area contributed by atoms with Crippen molar-refractivity contribution >= 4 is 34.4 Å². The zero-order chi connectivity index (χ0) is 25.3. The smallest absolute Gasteiger partial charge is 0.406 e. The van der Waals surface area contributed by atoms with Crippen molar-refractivity contribution in [2.75, 3.05) is 11.9 Å². The fourth-order valence-electron chi connectivity index (χ4n) is 4.40. The number of nitrogens with zero attached hydrogens (tertiary/aromatic N) is 2. The zero-order valence-corrected chi connectivity index (χ0v) is 18.7. The van der Waals surface area contributed by atoms with E-state index < -0.39 is 30.2 Å². The van der Waals surface area contributed by atoms with Crippen LogP contribution in [-0.2, 0) is 11.2 Å². The topological polar surface area (TPSA) is 107 Å². The highest BCUT2D eigenvalue weighted by Crippen LogP contribution is 2.30. The number of rotatable bonds is 5. The molecule has 0 unspecified atom stereocenters. The third-order valence-corrected chi connectivity index (χ3v) is 5.84. The molecule has 1 aliphatic heterocycles. The van der Waals surface area contributed by atoms with Crippen LogP contribution in [0.25, 0.3) is 10.9 Å². The van der Waals surface area contributed by atoms with Gasteiger partial charge in [0.15, 0.2) is 5.78 Å². The molecule has 2 heterocycles. The van der Waals surface area contributed by atoms with Gasteiger partial charge in [0, 0.05) is 24.5 Å². The summed E-state index contributed by atoms with van der Waals surface area (Å²) in [5.74, 6) is -0.669. The fraction of sp³-hybridized carbons (Fsp3) is 0.292. The summed E-state index contributed by atoms with van der Waals surface area (Å²) in [6.07, 6.45) is -3.14. The quantitative estimate of drug-likeness (QED) is 0.551. The molecule has 1 fully saturated rings. The number of para-hydroxylation sites is 1. The van der Waals surface area contributed by atoms with Gasteiger partial charge in [-0.15, -0.1) is 13.2 Å². The lowest BCUT2D eigenvalue weighted by Gasteiger charge is -2.24. The van der Waals surface area contributed by atoms with Crippen molar-refractivity contribution < 1.29 is 32.3 Å². The van der Waals surface area contributed by atoms with E-state index in [0.717, 1.165) is 12.1 Å². The number of urea groups is 1.